The molecule has 0 aliphatic rings. The molecule has 0 aliphatic heterocycles. The van der Waals surface area contributed by atoms with Crippen molar-refractivity contribution in [3.8, 4) is 5.75 Å². The van der Waals surface area contributed by atoms with Crippen molar-refractivity contribution in [1.82, 2.24) is 20.2 Å². The van der Waals surface area contributed by atoms with Crippen molar-refractivity contribution in [2.45, 2.75) is 12.8 Å². The lowest BCUT2D eigenvalue weighted by Crippen LogP contribution is -2.20. The number of H-pyrrole nitrogens is 1. The molecule has 148 valence electrons. The van der Waals surface area contributed by atoms with Gasteiger partial charge in [-0.05, 0) is 43.3 Å². The van der Waals surface area contributed by atoms with Crippen molar-refractivity contribution in [3.63, 3.8) is 0 Å². The highest BCUT2D eigenvalue weighted by atomic mass is 19.3. The first-order valence-corrected chi connectivity index (χ1v) is 8.66. The van der Waals surface area contributed by atoms with Gasteiger partial charge in [0.15, 0.2) is 5.82 Å². The van der Waals surface area contributed by atoms with Crippen LogP contribution in [0.5, 0.6) is 5.75 Å². The fraction of sp³-hybridized carbons (Fsp3) is 0.150. The van der Waals surface area contributed by atoms with Crippen LogP contribution in [0.1, 0.15) is 17.1 Å². The Labute approximate surface area is 163 Å². The van der Waals surface area contributed by atoms with Gasteiger partial charge in [0.2, 0.25) is 5.82 Å². The van der Waals surface area contributed by atoms with Gasteiger partial charge in [0.25, 0.3) is 0 Å². The number of ether oxygens (including phenoxy) is 1. The van der Waals surface area contributed by atoms with E-state index in [1.54, 1.807) is 24.3 Å². The molecule has 2 heterocycles. The van der Waals surface area contributed by atoms with E-state index >= 15 is 8.78 Å². The smallest absolute Gasteiger partial charge is 0.331 e. The number of fused-ring (bicyclic) bond motifs is 1. The van der Waals surface area contributed by atoms with E-state index in [9.17, 15) is 4.39 Å². The van der Waals surface area contributed by atoms with E-state index in [0.717, 1.165) is 30.0 Å². The van der Waals surface area contributed by atoms with Gasteiger partial charge in [-0.2, -0.15) is 13.9 Å². The minimum Gasteiger partial charge on any atom is -0.497 e. The summed E-state index contributed by atoms with van der Waals surface area (Å²) >= 11 is 0. The van der Waals surface area contributed by atoms with Gasteiger partial charge < -0.3 is 10.1 Å². The standard InChI is InChI=1S/C20H16F3N5O/c1-11-9-17(28-27-11)25-18-15-8-7-14(29-2)10-16(15)24-19(26-18)20(22,23)12-3-5-13(21)6-4-12/h3-10H,1-2H3,(H2,24,25,26,27,28). The summed E-state index contributed by atoms with van der Waals surface area (Å²) in [6.07, 6.45) is 0. The first kappa shape index (κ1) is 18.7. The number of aromatic nitrogens is 4. The highest BCUT2D eigenvalue weighted by Crippen LogP contribution is 2.36. The summed E-state index contributed by atoms with van der Waals surface area (Å²) < 4.78 is 48.6. The molecular weight excluding hydrogens is 383 g/mol. The number of methoxy groups -OCH3 is 1. The number of aromatic amines is 1. The molecule has 0 spiro atoms. The topological polar surface area (TPSA) is 75.7 Å². The maximum absolute atomic E-state index is 15.1. The monoisotopic (exact) mass is 399 g/mol. The molecule has 0 aliphatic carbocycles. The average molecular weight is 399 g/mol. The lowest BCUT2D eigenvalue weighted by molar-refractivity contribution is 0.0333. The largest absolute Gasteiger partial charge is 0.497 e. The zero-order valence-electron chi connectivity index (χ0n) is 15.5. The molecule has 0 saturated carbocycles. The number of hydrogen-bond donors (Lipinski definition) is 2. The predicted molar refractivity (Wildman–Crippen MR) is 102 cm³/mol. The zero-order chi connectivity index (χ0) is 20.6. The lowest BCUT2D eigenvalue weighted by Gasteiger charge is -2.17. The second-order valence-electron chi connectivity index (χ2n) is 6.42. The van der Waals surface area contributed by atoms with Crippen molar-refractivity contribution in [3.05, 3.63) is 71.4 Å². The Balaban J connectivity index is 1.88. The molecular formula is C20H16F3N5O. The van der Waals surface area contributed by atoms with Crippen LogP contribution in [0.25, 0.3) is 10.9 Å². The molecule has 0 amide bonds. The van der Waals surface area contributed by atoms with E-state index in [1.807, 2.05) is 6.92 Å². The third-order valence-corrected chi connectivity index (χ3v) is 4.34. The van der Waals surface area contributed by atoms with E-state index in [4.69, 9.17) is 4.74 Å². The second-order valence-corrected chi connectivity index (χ2v) is 6.42. The Morgan fingerprint density at radius 2 is 1.79 bits per heavy atom. The summed E-state index contributed by atoms with van der Waals surface area (Å²) in [5, 5.41) is 10.3. The third-order valence-electron chi connectivity index (χ3n) is 4.34. The van der Waals surface area contributed by atoms with Gasteiger partial charge in [-0.15, -0.1) is 0 Å². The SMILES string of the molecule is COc1ccc2c(Nc3cc(C)[nH]n3)nc(C(F)(F)c3ccc(F)cc3)nc2c1. The second kappa shape index (κ2) is 7.08. The van der Waals surface area contributed by atoms with Gasteiger partial charge >= 0.3 is 5.92 Å². The van der Waals surface area contributed by atoms with Crippen LogP contribution < -0.4 is 10.1 Å². The first-order valence-electron chi connectivity index (χ1n) is 8.66. The van der Waals surface area contributed by atoms with Crippen LogP contribution in [0, 0.1) is 12.7 Å². The summed E-state index contributed by atoms with van der Waals surface area (Å²) in [5.74, 6) is -3.81. The molecule has 0 fully saturated rings. The van der Waals surface area contributed by atoms with Crippen molar-refractivity contribution in [1.29, 1.82) is 0 Å². The summed E-state index contributed by atoms with van der Waals surface area (Å²) in [4.78, 5) is 8.13. The molecule has 4 rings (SSSR count). The van der Waals surface area contributed by atoms with E-state index in [1.165, 1.54) is 7.11 Å². The fourth-order valence-corrected chi connectivity index (χ4v) is 2.86. The Kier molecular flexibility index (Phi) is 4.57. The van der Waals surface area contributed by atoms with Crippen LogP contribution in [-0.4, -0.2) is 27.3 Å². The van der Waals surface area contributed by atoms with Crippen LogP contribution in [0.3, 0.4) is 0 Å². The molecule has 9 heteroatoms. The van der Waals surface area contributed by atoms with Crippen molar-refractivity contribution < 1.29 is 17.9 Å². The predicted octanol–water partition coefficient (Wildman–Crippen LogP) is 4.69. The van der Waals surface area contributed by atoms with E-state index in [-0.39, 0.29) is 11.3 Å². The number of rotatable bonds is 5. The van der Waals surface area contributed by atoms with Crippen LogP contribution in [0.15, 0.2) is 48.5 Å². The average Bonchev–Trinajstić information content (AvgIpc) is 3.12. The van der Waals surface area contributed by atoms with Crippen molar-refractivity contribution in [2.75, 3.05) is 12.4 Å². The van der Waals surface area contributed by atoms with E-state index in [0.29, 0.717) is 17.0 Å². The number of halogens is 3. The van der Waals surface area contributed by atoms with Gasteiger partial charge in [-0.25, -0.2) is 14.4 Å². The van der Waals surface area contributed by atoms with Crippen LogP contribution in [-0.2, 0) is 5.92 Å². The zero-order valence-corrected chi connectivity index (χ0v) is 15.5. The molecule has 6 nitrogen and oxygen atoms in total. The molecule has 0 radical (unpaired) electrons. The van der Waals surface area contributed by atoms with Gasteiger partial charge in [-0.3, -0.25) is 5.10 Å². The van der Waals surface area contributed by atoms with Crippen LogP contribution >= 0.6 is 0 Å². The molecule has 0 saturated heterocycles. The maximum atomic E-state index is 15.1. The Morgan fingerprint density at radius 3 is 2.45 bits per heavy atom. The quantitative estimate of drug-likeness (QED) is 0.509. The number of hydrogen-bond acceptors (Lipinski definition) is 5. The molecule has 2 aromatic carbocycles. The molecule has 0 atom stereocenters. The molecule has 2 N–H and O–H groups in total. The highest BCUT2D eigenvalue weighted by molar-refractivity contribution is 5.91. The Morgan fingerprint density at radius 1 is 1.03 bits per heavy atom. The molecule has 0 bridgehead atoms. The summed E-state index contributed by atoms with van der Waals surface area (Å²) in [6, 6.07) is 10.6. The van der Waals surface area contributed by atoms with E-state index < -0.39 is 23.1 Å². The summed E-state index contributed by atoms with van der Waals surface area (Å²) in [7, 11) is 1.47. The van der Waals surface area contributed by atoms with Gasteiger partial charge in [0.1, 0.15) is 17.4 Å². The summed E-state index contributed by atoms with van der Waals surface area (Å²) in [5.41, 5.74) is 0.651. The Hall–Kier alpha value is -3.62. The van der Waals surface area contributed by atoms with Gasteiger partial charge in [-0.1, -0.05) is 0 Å². The first-order chi connectivity index (χ1) is 13.9. The van der Waals surface area contributed by atoms with Crippen molar-refractivity contribution >= 4 is 22.5 Å². The third kappa shape index (κ3) is 3.58. The van der Waals surface area contributed by atoms with Gasteiger partial charge in [0.05, 0.1) is 12.6 Å². The number of aryl methyl sites for hydroxylation is 1. The maximum Gasteiger partial charge on any atom is 0.331 e. The molecule has 4 aromatic rings. The van der Waals surface area contributed by atoms with Crippen LogP contribution in [0.4, 0.5) is 24.8 Å². The molecule has 0 unspecified atom stereocenters. The highest BCUT2D eigenvalue weighted by Gasteiger charge is 2.38. The van der Waals surface area contributed by atoms with Crippen molar-refractivity contribution in [2.24, 2.45) is 0 Å². The minimum atomic E-state index is -3.54. The number of benzene rings is 2. The fourth-order valence-electron chi connectivity index (χ4n) is 2.86. The Bertz CT molecular complexity index is 1170. The number of nitrogens with one attached hydrogen (secondary N) is 2. The summed E-state index contributed by atoms with van der Waals surface area (Å²) in [6.45, 7) is 1.81. The van der Waals surface area contributed by atoms with Crippen LogP contribution in [0.2, 0.25) is 0 Å². The molecule has 2 aromatic heterocycles. The number of alkyl halides is 2. The molecule has 29 heavy (non-hydrogen) atoms. The minimum absolute atomic E-state index is 0.168. The lowest BCUT2D eigenvalue weighted by atomic mass is 10.1. The number of anilines is 2. The van der Waals surface area contributed by atoms with Gasteiger partial charge in [0, 0.05) is 28.8 Å². The normalized spacial score (nSPS) is 11.6. The van der Waals surface area contributed by atoms with E-state index in [2.05, 4.69) is 25.5 Å². The number of nitrogens with zero attached hydrogens (tertiary/aromatic N) is 3.